The lowest BCUT2D eigenvalue weighted by atomic mass is 10.2. The van der Waals surface area contributed by atoms with E-state index >= 15 is 0 Å². The maximum Gasteiger partial charge on any atom is 0.292 e. The third kappa shape index (κ3) is 2.99. The summed E-state index contributed by atoms with van der Waals surface area (Å²) < 4.78 is 5.08. The number of carbonyl (C=O) groups is 2. The Balaban J connectivity index is 1.69. The van der Waals surface area contributed by atoms with E-state index in [0.717, 1.165) is 0 Å². The minimum absolute atomic E-state index is 0.147. The highest BCUT2D eigenvalue weighted by Crippen LogP contribution is 2.24. The number of nitrogens with one attached hydrogen (secondary N) is 1. The summed E-state index contributed by atoms with van der Waals surface area (Å²) in [6, 6.07) is 6.33. The lowest BCUT2D eigenvalue weighted by Gasteiger charge is -2.14. The van der Waals surface area contributed by atoms with E-state index in [-0.39, 0.29) is 24.2 Å². The van der Waals surface area contributed by atoms with Crippen molar-refractivity contribution >= 4 is 23.5 Å². The molecule has 1 aliphatic heterocycles. The molecule has 2 amide bonds. The average molecular weight is 317 g/mol. The molecule has 0 aliphatic carbocycles. The Labute approximate surface area is 131 Å². The number of ether oxygens (including phenoxy) is 1. The number of quaternary nitrogens is 1. The predicted octanol–water partition coefficient (Wildman–Crippen LogP) is -1.21. The molecule has 2 aromatic rings. The molecule has 0 radical (unpaired) electrons. The number of carbonyl (C=O) groups excluding carboxylic acids is 2. The van der Waals surface area contributed by atoms with Crippen molar-refractivity contribution in [2.24, 2.45) is 0 Å². The largest absolute Gasteiger partial charge is 0.497 e. The smallest absolute Gasteiger partial charge is 0.292 e. The first-order valence-electron chi connectivity index (χ1n) is 7.09. The summed E-state index contributed by atoms with van der Waals surface area (Å²) >= 11 is 0. The lowest BCUT2D eigenvalue weighted by molar-refractivity contribution is -0.690. The minimum Gasteiger partial charge on any atom is -0.497 e. The van der Waals surface area contributed by atoms with Gasteiger partial charge in [0.25, 0.3) is 5.91 Å². The fourth-order valence-corrected chi connectivity index (χ4v) is 2.50. The molecule has 0 bridgehead atoms. The van der Waals surface area contributed by atoms with Gasteiger partial charge in [0.15, 0.2) is 11.9 Å². The van der Waals surface area contributed by atoms with Gasteiger partial charge in [0, 0.05) is 0 Å². The van der Waals surface area contributed by atoms with Crippen molar-refractivity contribution in [3.8, 4) is 5.75 Å². The van der Waals surface area contributed by atoms with Crippen LogP contribution in [0.15, 0.2) is 24.3 Å². The van der Waals surface area contributed by atoms with E-state index in [1.165, 1.54) is 4.90 Å². The maximum absolute atomic E-state index is 12.5. The summed E-state index contributed by atoms with van der Waals surface area (Å²) in [4.78, 5) is 29.8. The number of amides is 2. The Morgan fingerprint density at radius 3 is 2.74 bits per heavy atom. The molecule has 120 valence electrons. The number of H-pyrrole nitrogens is 1. The molecule has 1 saturated heterocycles. The van der Waals surface area contributed by atoms with Crippen LogP contribution in [0.1, 0.15) is 12.2 Å². The summed E-state index contributed by atoms with van der Waals surface area (Å²) in [6.07, 6.45) is 0.147. The second kappa shape index (κ2) is 6.05. The molecular formula is C14H17N6O3+. The van der Waals surface area contributed by atoms with Crippen molar-refractivity contribution in [2.75, 3.05) is 17.7 Å². The summed E-state index contributed by atoms with van der Waals surface area (Å²) in [5.74, 6) is 0.915. The zero-order valence-electron chi connectivity index (χ0n) is 12.5. The number of nitrogen functional groups attached to an aromatic ring is 1. The molecule has 1 aromatic carbocycles. The van der Waals surface area contributed by atoms with Gasteiger partial charge < -0.3 is 15.8 Å². The van der Waals surface area contributed by atoms with Gasteiger partial charge in [0.2, 0.25) is 11.9 Å². The van der Waals surface area contributed by atoms with E-state index in [1.807, 2.05) is 0 Å². The third-order valence-corrected chi connectivity index (χ3v) is 3.66. The number of benzene rings is 1. The second-order valence-corrected chi connectivity index (χ2v) is 5.16. The van der Waals surface area contributed by atoms with E-state index in [9.17, 15) is 9.59 Å². The highest BCUT2D eigenvalue weighted by molar-refractivity contribution is 6.21. The molecular weight excluding hydrogens is 300 g/mol. The van der Waals surface area contributed by atoms with Crippen LogP contribution < -0.4 is 20.7 Å². The van der Waals surface area contributed by atoms with Gasteiger partial charge in [-0.05, 0) is 24.3 Å². The number of nitrogens with zero attached hydrogens (tertiary/aromatic N) is 3. The molecule has 2 heterocycles. The van der Waals surface area contributed by atoms with Crippen LogP contribution in [0.4, 0.5) is 11.6 Å². The molecule has 0 saturated carbocycles. The highest BCUT2D eigenvalue weighted by atomic mass is 16.5. The molecule has 23 heavy (non-hydrogen) atoms. The van der Waals surface area contributed by atoms with E-state index < -0.39 is 6.04 Å². The quantitative estimate of drug-likeness (QED) is 0.593. The maximum atomic E-state index is 12.5. The lowest BCUT2D eigenvalue weighted by Crippen LogP contribution is -2.90. The van der Waals surface area contributed by atoms with Gasteiger partial charge in [-0.25, -0.2) is 4.90 Å². The first-order chi connectivity index (χ1) is 11.1. The van der Waals surface area contributed by atoms with E-state index in [1.54, 1.807) is 36.7 Å². The Morgan fingerprint density at radius 1 is 1.39 bits per heavy atom. The fourth-order valence-electron chi connectivity index (χ4n) is 2.50. The van der Waals surface area contributed by atoms with Crippen molar-refractivity contribution in [3.63, 3.8) is 0 Å². The van der Waals surface area contributed by atoms with Crippen LogP contribution in [0, 0.1) is 0 Å². The zero-order valence-corrected chi connectivity index (χ0v) is 12.5. The Morgan fingerprint density at radius 2 is 2.13 bits per heavy atom. The van der Waals surface area contributed by atoms with Crippen LogP contribution >= 0.6 is 0 Å². The number of hydrogen-bond acceptors (Lipinski definition) is 6. The van der Waals surface area contributed by atoms with Crippen molar-refractivity contribution in [2.45, 2.75) is 19.0 Å². The summed E-state index contributed by atoms with van der Waals surface area (Å²) in [5.41, 5.74) is 5.97. The van der Waals surface area contributed by atoms with Gasteiger partial charge >= 0.3 is 0 Å². The number of methoxy groups -OCH3 is 1. The van der Waals surface area contributed by atoms with Crippen LogP contribution in [0.5, 0.6) is 5.75 Å². The number of rotatable bonds is 5. The standard InChI is InChI=1S/C14H16N6O3/c1-23-9-4-2-8(3-5-9)20-12(21)6-10(13(20)22)16-7-11-17-14(15)19-18-11/h2-5,10,16H,6-7H2,1H3,(H3,15,17,18,19)/p+1/t10-/m1/s1. The summed E-state index contributed by atoms with van der Waals surface area (Å²) in [7, 11) is 1.56. The molecule has 9 heteroatoms. The predicted molar refractivity (Wildman–Crippen MR) is 80.3 cm³/mol. The minimum atomic E-state index is -0.476. The number of anilines is 2. The topological polar surface area (TPSA) is 131 Å². The van der Waals surface area contributed by atoms with Gasteiger partial charge in [-0.3, -0.25) is 14.7 Å². The molecule has 5 N–H and O–H groups in total. The SMILES string of the molecule is COc1ccc(N2C(=O)C[C@@H]([NH2+]Cc3nc(N)n[nH]3)C2=O)cc1. The Kier molecular flexibility index (Phi) is 3.94. The molecule has 3 rings (SSSR count). The number of nitrogens with two attached hydrogens (primary N) is 2. The molecule has 0 unspecified atom stereocenters. The number of aromatic nitrogens is 3. The number of imide groups is 1. The average Bonchev–Trinajstić information content (AvgIpc) is 3.09. The van der Waals surface area contributed by atoms with Crippen LogP contribution in [-0.2, 0) is 16.1 Å². The Hall–Kier alpha value is -2.94. The first kappa shape index (κ1) is 15.0. The van der Waals surface area contributed by atoms with E-state index in [4.69, 9.17) is 10.5 Å². The normalized spacial score (nSPS) is 17.8. The molecule has 9 nitrogen and oxygen atoms in total. The number of aromatic amines is 1. The molecule has 1 atom stereocenters. The van der Waals surface area contributed by atoms with Gasteiger partial charge in [-0.2, -0.15) is 4.98 Å². The van der Waals surface area contributed by atoms with Crippen molar-refractivity contribution < 1.29 is 19.6 Å². The summed E-state index contributed by atoms with van der Waals surface area (Å²) in [6.45, 7) is 0.393. The van der Waals surface area contributed by atoms with E-state index in [2.05, 4.69) is 15.2 Å². The number of hydrogen-bond donors (Lipinski definition) is 3. The fraction of sp³-hybridized carbons (Fsp3) is 0.286. The van der Waals surface area contributed by atoms with Gasteiger partial charge in [-0.15, -0.1) is 5.10 Å². The zero-order chi connectivity index (χ0) is 16.4. The first-order valence-corrected chi connectivity index (χ1v) is 7.09. The third-order valence-electron chi connectivity index (χ3n) is 3.66. The monoisotopic (exact) mass is 317 g/mol. The Bertz CT molecular complexity index is 726. The van der Waals surface area contributed by atoms with Crippen molar-refractivity contribution in [1.82, 2.24) is 15.2 Å². The highest BCUT2D eigenvalue weighted by Gasteiger charge is 2.42. The van der Waals surface area contributed by atoms with Crippen molar-refractivity contribution in [1.29, 1.82) is 0 Å². The van der Waals surface area contributed by atoms with Crippen LogP contribution in [-0.4, -0.2) is 40.1 Å². The van der Waals surface area contributed by atoms with Crippen LogP contribution in [0.3, 0.4) is 0 Å². The molecule has 1 fully saturated rings. The van der Waals surface area contributed by atoms with Gasteiger partial charge in [0.05, 0.1) is 19.2 Å². The van der Waals surface area contributed by atoms with Crippen molar-refractivity contribution in [3.05, 3.63) is 30.1 Å². The molecule has 1 aromatic heterocycles. The summed E-state index contributed by atoms with van der Waals surface area (Å²) in [5, 5.41) is 8.15. The van der Waals surface area contributed by atoms with Crippen LogP contribution in [0.25, 0.3) is 0 Å². The second-order valence-electron chi connectivity index (χ2n) is 5.16. The van der Waals surface area contributed by atoms with Gasteiger partial charge in [-0.1, -0.05) is 0 Å². The molecule has 0 spiro atoms. The van der Waals surface area contributed by atoms with E-state index in [0.29, 0.717) is 23.8 Å². The van der Waals surface area contributed by atoms with Crippen LogP contribution in [0.2, 0.25) is 0 Å². The molecule has 1 aliphatic rings. The van der Waals surface area contributed by atoms with Gasteiger partial charge in [0.1, 0.15) is 12.3 Å².